The molecule has 0 radical (unpaired) electrons. The summed E-state index contributed by atoms with van der Waals surface area (Å²) in [6.07, 6.45) is 7.69. The van der Waals surface area contributed by atoms with Gasteiger partial charge in [-0.2, -0.15) is 5.10 Å². The molecule has 0 amide bonds. The summed E-state index contributed by atoms with van der Waals surface area (Å²) in [5, 5.41) is 7.84. The summed E-state index contributed by atoms with van der Waals surface area (Å²) >= 11 is 0. The van der Waals surface area contributed by atoms with Crippen molar-refractivity contribution in [3.8, 4) is 5.69 Å². The summed E-state index contributed by atoms with van der Waals surface area (Å²) in [5.41, 5.74) is 2.32. The van der Waals surface area contributed by atoms with Crippen LogP contribution in [0.15, 0.2) is 42.7 Å². The number of nitrogens with zero attached hydrogens (tertiary/aromatic N) is 2. The highest BCUT2D eigenvalue weighted by Crippen LogP contribution is 2.27. The lowest BCUT2D eigenvalue weighted by atomic mass is 10.1. The molecule has 2 aromatic rings. The lowest BCUT2D eigenvalue weighted by Gasteiger charge is -2.14. The standard InChI is InChI=1S/C15H19N3/c1-12-3-4-14(11-12)17-13-5-7-15(8-6-13)18-10-2-9-16-18/h2,5-10,12,14,17H,3-4,11H2,1H3. The summed E-state index contributed by atoms with van der Waals surface area (Å²) in [5.74, 6) is 0.867. The predicted molar refractivity (Wildman–Crippen MR) is 74.0 cm³/mol. The molecule has 94 valence electrons. The van der Waals surface area contributed by atoms with Gasteiger partial charge in [0.15, 0.2) is 0 Å². The fourth-order valence-electron chi connectivity index (χ4n) is 2.71. The van der Waals surface area contributed by atoms with Crippen LogP contribution in [0.3, 0.4) is 0 Å². The predicted octanol–water partition coefficient (Wildman–Crippen LogP) is 3.47. The number of aromatic nitrogens is 2. The van der Waals surface area contributed by atoms with Crippen LogP contribution in [0, 0.1) is 5.92 Å². The Morgan fingerprint density at radius 2 is 2.06 bits per heavy atom. The van der Waals surface area contributed by atoms with Gasteiger partial charge in [-0.1, -0.05) is 6.92 Å². The monoisotopic (exact) mass is 241 g/mol. The van der Waals surface area contributed by atoms with Crippen molar-refractivity contribution in [1.82, 2.24) is 9.78 Å². The topological polar surface area (TPSA) is 29.9 Å². The summed E-state index contributed by atoms with van der Waals surface area (Å²) in [4.78, 5) is 0. The van der Waals surface area contributed by atoms with E-state index in [0.717, 1.165) is 11.6 Å². The molecule has 1 aliphatic carbocycles. The first-order chi connectivity index (χ1) is 8.81. The largest absolute Gasteiger partial charge is 0.382 e. The first kappa shape index (κ1) is 11.3. The van der Waals surface area contributed by atoms with Crippen LogP contribution in [0.5, 0.6) is 0 Å². The fraction of sp³-hybridized carbons (Fsp3) is 0.400. The molecular weight excluding hydrogens is 222 g/mol. The van der Waals surface area contributed by atoms with E-state index in [2.05, 4.69) is 41.6 Å². The molecule has 1 saturated carbocycles. The van der Waals surface area contributed by atoms with Crippen LogP contribution in [0.4, 0.5) is 5.69 Å². The van der Waals surface area contributed by atoms with Crippen molar-refractivity contribution in [2.45, 2.75) is 32.2 Å². The third-order valence-electron chi connectivity index (χ3n) is 3.70. The van der Waals surface area contributed by atoms with Crippen LogP contribution < -0.4 is 5.32 Å². The van der Waals surface area contributed by atoms with Crippen molar-refractivity contribution >= 4 is 5.69 Å². The number of nitrogens with one attached hydrogen (secondary N) is 1. The molecule has 1 N–H and O–H groups in total. The van der Waals surface area contributed by atoms with Crippen LogP contribution in [0.2, 0.25) is 0 Å². The maximum absolute atomic E-state index is 4.23. The molecule has 2 atom stereocenters. The summed E-state index contributed by atoms with van der Waals surface area (Å²) in [6, 6.07) is 11.1. The molecule has 0 spiro atoms. The number of rotatable bonds is 3. The Kier molecular flexibility index (Phi) is 3.05. The minimum Gasteiger partial charge on any atom is -0.382 e. The highest BCUT2D eigenvalue weighted by atomic mass is 15.3. The minimum absolute atomic E-state index is 0.649. The zero-order valence-corrected chi connectivity index (χ0v) is 10.7. The molecular formula is C15H19N3. The average Bonchev–Trinajstić information content (AvgIpc) is 3.02. The first-order valence-electron chi connectivity index (χ1n) is 6.68. The van der Waals surface area contributed by atoms with Crippen LogP contribution in [-0.4, -0.2) is 15.8 Å². The quantitative estimate of drug-likeness (QED) is 0.891. The third-order valence-corrected chi connectivity index (χ3v) is 3.70. The van der Waals surface area contributed by atoms with E-state index in [9.17, 15) is 0 Å². The highest BCUT2D eigenvalue weighted by molar-refractivity contribution is 5.49. The molecule has 18 heavy (non-hydrogen) atoms. The van der Waals surface area contributed by atoms with Gasteiger partial charge < -0.3 is 5.32 Å². The Balaban J connectivity index is 1.68. The van der Waals surface area contributed by atoms with Gasteiger partial charge in [0.25, 0.3) is 0 Å². The number of benzene rings is 1. The van der Waals surface area contributed by atoms with E-state index in [0.29, 0.717) is 6.04 Å². The molecule has 1 heterocycles. The van der Waals surface area contributed by atoms with Crippen LogP contribution in [0.1, 0.15) is 26.2 Å². The van der Waals surface area contributed by atoms with Crippen LogP contribution >= 0.6 is 0 Å². The van der Waals surface area contributed by atoms with Gasteiger partial charge in [0.1, 0.15) is 0 Å². The number of hydrogen-bond donors (Lipinski definition) is 1. The molecule has 1 aromatic heterocycles. The second-order valence-corrected chi connectivity index (χ2v) is 5.26. The number of hydrogen-bond acceptors (Lipinski definition) is 2. The van der Waals surface area contributed by atoms with Crippen molar-refractivity contribution in [3.05, 3.63) is 42.7 Å². The second kappa shape index (κ2) is 4.84. The zero-order chi connectivity index (χ0) is 12.4. The molecule has 0 bridgehead atoms. The second-order valence-electron chi connectivity index (χ2n) is 5.26. The lowest BCUT2D eigenvalue weighted by Crippen LogP contribution is -2.15. The summed E-state index contributed by atoms with van der Waals surface area (Å²) in [6.45, 7) is 2.34. The molecule has 1 aromatic carbocycles. The van der Waals surface area contributed by atoms with E-state index in [1.54, 1.807) is 6.20 Å². The maximum atomic E-state index is 4.23. The SMILES string of the molecule is CC1CCC(Nc2ccc(-n3cccn3)cc2)C1. The molecule has 3 nitrogen and oxygen atoms in total. The van der Waals surface area contributed by atoms with E-state index >= 15 is 0 Å². The van der Waals surface area contributed by atoms with Gasteiger partial charge in [0, 0.05) is 24.1 Å². The molecule has 3 rings (SSSR count). The Morgan fingerprint density at radius 1 is 1.22 bits per heavy atom. The third kappa shape index (κ3) is 2.40. The molecule has 2 unspecified atom stereocenters. The normalized spacial score (nSPS) is 23.2. The van der Waals surface area contributed by atoms with Crippen molar-refractivity contribution in [2.24, 2.45) is 5.92 Å². The van der Waals surface area contributed by atoms with Gasteiger partial charge in [-0.25, -0.2) is 4.68 Å². The number of anilines is 1. The van der Waals surface area contributed by atoms with Crippen LogP contribution in [0.25, 0.3) is 5.69 Å². The van der Waals surface area contributed by atoms with E-state index in [1.165, 1.54) is 24.9 Å². The van der Waals surface area contributed by atoms with Crippen molar-refractivity contribution in [2.75, 3.05) is 5.32 Å². The fourth-order valence-corrected chi connectivity index (χ4v) is 2.71. The van der Waals surface area contributed by atoms with E-state index in [1.807, 2.05) is 16.9 Å². The minimum atomic E-state index is 0.649. The van der Waals surface area contributed by atoms with Gasteiger partial charge in [0.05, 0.1) is 5.69 Å². The van der Waals surface area contributed by atoms with Crippen molar-refractivity contribution < 1.29 is 0 Å². The molecule has 1 aliphatic rings. The van der Waals surface area contributed by atoms with Gasteiger partial charge in [-0.05, 0) is 55.5 Å². The summed E-state index contributed by atoms with van der Waals surface area (Å²) in [7, 11) is 0. The van der Waals surface area contributed by atoms with Gasteiger partial charge in [-0.3, -0.25) is 0 Å². The molecule has 1 fully saturated rings. The molecule has 3 heteroatoms. The summed E-state index contributed by atoms with van der Waals surface area (Å²) < 4.78 is 1.88. The van der Waals surface area contributed by atoms with Crippen molar-refractivity contribution in [1.29, 1.82) is 0 Å². The van der Waals surface area contributed by atoms with Gasteiger partial charge in [0.2, 0.25) is 0 Å². The molecule has 0 saturated heterocycles. The first-order valence-corrected chi connectivity index (χ1v) is 6.68. The van der Waals surface area contributed by atoms with E-state index in [4.69, 9.17) is 0 Å². The Labute approximate surface area is 108 Å². The van der Waals surface area contributed by atoms with E-state index in [-0.39, 0.29) is 0 Å². The maximum Gasteiger partial charge on any atom is 0.0647 e. The molecule has 0 aliphatic heterocycles. The highest BCUT2D eigenvalue weighted by Gasteiger charge is 2.20. The van der Waals surface area contributed by atoms with Crippen molar-refractivity contribution in [3.63, 3.8) is 0 Å². The van der Waals surface area contributed by atoms with Crippen LogP contribution in [-0.2, 0) is 0 Å². The van der Waals surface area contributed by atoms with Gasteiger partial charge >= 0.3 is 0 Å². The Morgan fingerprint density at radius 3 is 2.67 bits per heavy atom. The van der Waals surface area contributed by atoms with Gasteiger partial charge in [-0.15, -0.1) is 0 Å². The average molecular weight is 241 g/mol. The Bertz CT molecular complexity index is 487. The zero-order valence-electron chi connectivity index (χ0n) is 10.7. The smallest absolute Gasteiger partial charge is 0.0647 e. The Hall–Kier alpha value is -1.77. The van der Waals surface area contributed by atoms with E-state index < -0.39 is 0 Å². The lowest BCUT2D eigenvalue weighted by molar-refractivity contribution is 0.602.